The molecular formula is C17H27N3O2. The summed E-state index contributed by atoms with van der Waals surface area (Å²) in [6, 6.07) is 9.07. The lowest BCUT2D eigenvalue weighted by Gasteiger charge is -2.30. The van der Waals surface area contributed by atoms with Crippen molar-refractivity contribution in [1.82, 2.24) is 10.6 Å². The van der Waals surface area contributed by atoms with E-state index in [-0.39, 0.29) is 18.4 Å². The Kier molecular flexibility index (Phi) is 7.05. The number of nitrogens with two attached hydrogens (primary N) is 1. The van der Waals surface area contributed by atoms with E-state index in [1.54, 1.807) is 6.92 Å². The van der Waals surface area contributed by atoms with Crippen molar-refractivity contribution >= 4 is 11.8 Å². The minimum Gasteiger partial charge on any atom is -0.350 e. The van der Waals surface area contributed by atoms with Crippen LogP contribution in [-0.4, -0.2) is 24.4 Å². The predicted molar refractivity (Wildman–Crippen MR) is 88.0 cm³/mol. The van der Waals surface area contributed by atoms with Gasteiger partial charge in [0.05, 0.1) is 5.41 Å². The fourth-order valence-corrected chi connectivity index (χ4v) is 2.31. The van der Waals surface area contributed by atoms with Gasteiger partial charge >= 0.3 is 0 Å². The molecule has 0 saturated carbocycles. The highest BCUT2D eigenvalue weighted by atomic mass is 16.2. The summed E-state index contributed by atoms with van der Waals surface area (Å²) in [6.45, 7) is 6.30. The molecule has 0 radical (unpaired) electrons. The molecular weight excluding hydrogens is 278 g/mol. The van der Waals surface area contributed by atoms with Gasteiger partial charge in [-0.25, -0.2) is 0 Å². The topological polar surface area (TPSA) is 84.2 Å². The van der Waals surface area contributed by atoms with Crippen LogP contribution in [0, 0.1) is 5.41 Å². The van der Waals surface area contributed by atoms with E-state index in [1.807, 2.05) is 44.2 Å². The molecule has 0 aliphatic carbocycles. The van der Waals surface area contributed by atoms with Crippen molar-refractivity contribution in [3.8, 4) is 0 Å². The van der Waals surface area contributed by atoms with Gasteiger partial charge in [-0.3, -0.25) is 9.59 Å². The van der Waals surface area contributed by atoms with Crippen molar-refractivity contribution in [2.45, 2.75) is 46.2 Å². The van der Waals surface area contributed by atoms with Gasteiger partial charge in [-0.1, -0.05) is 44.2 Å². The minimum absolute atomic E-state index is 0.151. The normalized spacial score (nSPS) is 12.5. The zero-order valence-electron chi connectivity index (χ0n) is 13.7. The molecule has 0 fully saturated rings. The number of hydrogen-bond acceptors (Lipinski definition) is 3. The van der Waals surface area contributed by atoms with Crippen LogP contribution in [0.3, 0.4) is 0 Å². The molecule has 1 atom stereocenters. The summed E-state index contributed by atoms with van der Waals surface area (Å²) < 4.78 is 0. The number of nitrogens with one attached hydrogen (secondary N) is 2. The quantitative estimate of drug-likeness (QED) is 0.681. The fraction of sp³-hybridized carbons (Fsp3) is 0.529. The fourth-order valence-electron chi connectivity index (χ4n) is 2.31. The van der Waals surface area contributed by atoms with E-state index >= 15 is 0 Å². The van der Waals surface area contributed by atoms with Crippen LogP contribution in [0.25, 0.3) is 0 Å². The highest BCUT2D eigenvalue weighted by Gasteiger charge is 2.34. The summed E-state index contributed by atoms with van der Waals surface area (Å²) in [6.07, 6.45) is 1.31. The molecule has 1 rings (SSSR count). The van der Waals surface area contributed by atoms with E-state index in [9.17, 15) is 9.59 Å². The Morgan fingerprint density at radius 3 is 2.27 bits per heavy atom. The van der Waals surface area contributed by atoms with Gasteiger partial charge in [0.25, 0.3) is 0 Å². The second kappa shape index (κ2) is 8.54. The van der Waals surface area contributed by atoms with E-state index in [2.05, 4.69) is 10.6 Å². The lowest BCUT2D eigenvalue weighted by molar-refractivity contribution is -0.135. The zero-order chi connectivity index (χ0) is 16.6. The summed E-state index contributed by atoms with van der Waals surface area (Å²) in [4.78, 5) is 24.5. The molecule has 1 aromatic rings. The van der Waals surface area contributed by atoms with Crippen molar-refractivity contribution in [2.75, 3.05) is 6.54 Å². The molecule has 1 unspecified atom stereocenters. The summed E-state index contributed by atoms with van der Waals surface area (Å²) in [7, 11) is 0. The van der Waals surface area contributed by atoms with Gasteiger partial charge in [-0.15, -0.1) is 0 Å². The average Bonchev–Trinajstić information content (AvgIpc) is 2.55. The van der Waals surface area contributed by atoms with Crippen LogP contribution < -0.4 is 16.4 Å². The van der Waals surface area contributed by atoms with E-state index in [0.29, 0.717) is 19.4 Å². The first-order valence-corrected chi connectivity index (χ1v) is 7.81. The van der Waals surface area contributed by atoms with Crippen LogP contribution in [0.15, 0.2) is 30.3 Å². The second-order valence-corrected chi connectivity index (χ2v) is 5.59. The number of rotatable bonds is 8. The Morgan fingerprint density at radius 1 is 1.18 bits per heavy atom. The molecule has 5 nitrogen and oxygen atoms in total. The van der Waals surface area contributed by atoms with Gasteiger partial charge in [0.15, 0.2) is 0 Å². The standard InChI is InChI=1S/C17H27N3O2/c1-4-17(5-2,12-18)16(22)20-13(3)15(21)19-11-14-9-7-6-8-10-14/h6-10,13H,4-5,11-12,18H2,1-3H3,(H,19,21)(H,20,22). The van der Waals surface area contributed by atoms with Crippen LogP contribution in [0.1, 0.15) is 39.2 Å². The van der Waals surface area contributed by atoms with Gasteiger partial charge in [0.1, 0.15) is 6.04 Å². The third kappa shape index (κ3) is 4.56. The van der Waals surface area contributed by atoms with Gasteiger partial charge in [0, 0.05) is 13.1 Å². The van der Waals surface area contributed by atoms with E-state index in [1.165, 1.54) is 0 Å². The van der Waals surface area contributed by atoms with E-state index in [0.717, 1.165) is 5.56 Å². The molecule has 0 heterocycles. The zero-order valence-corrected chi connectivity index (χ0v) is 13.7. The highest BCUT2D eigenvalue weighted by Crippen LogP contribution is 2.25. The van der Waals surface area contributed by atoms with Crippen LogP contribution in [0.2, 0.25) is 0 Å². The van der Waals surface area contributed by atoms with Gasteiger partial charge in [-0.2, -0.15) is 0 Å². The molecule has 0 aromatic heterocycles. The first kappa shape index (κ1) is 18.2. The Balaban J connectivity index is 2.55. The highest BCUT2D eigenvalue weighted by molar-refractivity contribution is 5.89. The molecule has 4 N–H and O–H groups in total. The minimum atomic E-state index is -0.589. The smallest absolute Gasteiger partial charge is 0.242 e. The summed E-state index contributed by atoms with van der Waals surface area (Å²) in [5.41, 5.74) is 6.19. The SMILES string of the molecule is CCC(CC)(CN)C(=O)NC(C)C(=O)NCc1ccccc1. The first-order valence-electron chi connectivity index (χ1n) is 7.81. The van der Waals surface area contributed by atoms with Crippen LogP contribution in [-0.2, 0) is 16.1 Å². The second-order valence-electron chi connectivity index (χ2n) is 5.59. The van der Waals surface area contributed by atoms with E-state index < -0.39 is 11.5 Å². The Bertz CT molecular complexity index is 476. The molecule has 22 heavy (non-hydrogen) atoms. The molecule has 0 saturated heterocycles. The average molecular weight is 305 g/mol. The molecule has 2 amide bonds. The van der Waals surface area contributed by atoms with Crippen molar-refractivity contribution < 1.29 is 9.59 Å². The van der Waals surface area contributed by atoms with Gasteiger partial charge < -0.3 is 16.4 Å². The summed E-state index contributed by atoms with van der Waals surface area (Å²) >= 11 is 0. The number of amides is 2. The van der Waals surface area contributed by atoms with Crippen LogP contribution >= 0.6 is 0 Å². The molecule has 0 bridgehead atoms. The summed E-state index contributed by atoms with van der Waals surface area (Å²) in [5, 5.41) is 5.60. The van der Waals surface area contributed by atoms with Crippen LogP contribution in [0.5, 0.6) is 0 Å². The third-order valence-corrected chi connectivity index (χ3v) is 4.28. The number of carbonyl (C=O) groups excluding carboxylic acids is 2. The lowest BCUT2D eigenvalue weighted by Crippen LogP contribution is -2.52. The number of hydrogen-bond donors (Lipinski definition) is 3. The lowest BCUT2D eigenvalue weighted by atomic mass is 9.81. The monoisotopic (exact) mass is 305 g/mol. The maximum Gasteiger partial charge on any atom is 0.242 e. The molecule has 0 aliphatic heterocycles. The molecule has 1 aromatic carbocycles. The van der Waals surface area contributed by atoms with Crippen molar-refractivity contribution in [2.24, 2.45) is 11.1 Å². The maximum atomic E-state index is 12.4. The Hall–Kier alpha value is -1.88. The number of carbonyl (C=O) groups is 2. The van der Waals surface area contributed by atoms with Crippen molar-refractivity contribution in [1.29, 1.82) is 0 Å². The third-order valence-electron chi connectivity index (χ3n) is 4.28. The first-order chi connectivity index (χ1) is 10.5. The largest absolute Gasteiger partial charge is 0.350 e. The van der Waals surface area contributed by atoms with Crippen LogP contribution in [0.4, 0.5) is 0 Å². The van der Waals surface area contributed by atoms with Gasteiger partial charge in [0.2, 0.25) is 11.8 Å². The predicted octanol–water partition coefficient (Wildman–Crippen LogP) is 1.57. The molecule has 0 spiro atoms. The molecule has 5 heteroatoms. The summed E-state index contributed by atoms with van der Waals surface area (Å²) in [5.74, 6) is -0.349. The van der Waals surface area contributed by atoms with Gasteiger partial charge in [-0.05, 0) is 25.3 Å². The van der Waals surface area contributed by atoms with E-state index in [4.69, 9.17) is 5.73 Å². The Morgan fingerprint density at radius 2 is 1.77 bits per heavy atom. The molecule has 0 aliphatic rings. The van der Waals surface area contributed by atoms with Crippen molar-refractivity contribution in [3.05, 3.63) is 35.9 Å². The molecule has 122 valence electrons. The van der Waals surface area contributed by atoms with Crippen molar-refractivity contribution in [3.63, 3.8) is 0 Å². The number of benzene rings is 1. The maximum absolute atomic E-state index is 12.4. The Labute approximate surface area is 132 Å².